The molecule has 0 saturated heterocycles. The molecule has 1 atom stereocenters. The van der Waals surface area contributed by atoms with Crippen LogP contribution in [0.5, 0.6) is 5.75 Å². The maximum atomic E-state index is 12.8. The van der Waals surface area contributed by atoms with Gasteiger partial charge in [-0.25, -0.2) is 8.42 Å². The average molecular weight is 519 g/mol. The number of sulfonamides is 1. The summed E-state index contributed by atoms with van der Waals surface area (Å²) >= 11 is 0. The molecular weight excluding hydrogens is 488 g/mol. The molecule has 1 N–H and O–H groups in total. The SMILES string of the molecule is COC(=O)C(NS(=O)(=O)c1ccc(-c2ccc(OCc3cc(C)nc4ccccc34)cc2)cc1)C(C)C. The van der Waals surface area contributed by atoms with Gasteiger partial charge < -0.3 is 9.47 Å². The minimum absolute atomic E-state index is 0.0747. The van der Waals surface area contributed by atoms with Crippen LogP contribution in [0.1, 0.15) is 25.1 Å². The number of carbonyl (C=O) groups excluding carboxylic acids is 1. The van der Waals surface area contributed by atoms with E-state index in [1.54, 1.807) is 26.0 Å². The number of hydrogen-bond acceptors (Lipinski definition) is 6. The zero-order chi connectivity index (χ0) is 26.6. The lowest BCUT2D eigenvalue weighted by Crippen LogP contribution is -2.44. The molecule has 3 aromatic carbocycles. The van der Waals surface area contributed by atoms with E-state index in [1.165, 1.54) is 19.2 Å². The lowest BCUT2D eigenvalue weighted by Gasteiger charge is -2.19. The molecule has 0 saturated carbocycles. The molecule has 0 aliphatic rings. The zero-order valence-corrected chi connectivity index (χ0v) is 22.1. The van der Waals surface area contributed by atoms with Gasteiger partial charge in [0.1, 0.15) is 18.4 Å². The van der Waals surface area contributed by atoms with Gasteiger partial charge in [-0.15, -0.1) is 0 Å². The molecule has 1 unspecified atom stereocenters. The molecule has 0 aliphatic heterocycles. The number of fused-ring (bicyclic) bond motifs is 1. The van der Waals surface area contributed by atoms with E-state index in [1.807, 2.05) is 61.5 Å². The van der Waals surface area contributed by atoms with Crippen molar-refractivity contribution < 1.29 is 22.7 Å². The van der Waals surface area contributed by atoms with Crippen LogP contribution in [0.4, 0.5) is 0 Å². The van der Waals surface area contributed by atoms with E-state index in [4.69, 9.17) is 9.47 Å². The lowest BCUT2D eigenvalue weighted by atomic mass is 10.1. The Morgan fingerprint density at radius 2 is 1.57 bits per heavy atom. The molecule has 0 spiro atoms. The Bertz CT molecular complexity index is 1500. The summed E-state index contributed by atoms with van der Waals surface area (Å²) in [6.07, 6.45) is 0. The summed E-state index contributed by atoms with van der Waals surface area (Å²) in [6.45, 7) is 5.90. The van der Waals surface area contributed by atoms with Gasteiger partial charge in [-0.1, -0.05) is 56.3 Å². The topological polar surface area (TPSA) is 94.6 Å². The Morgan fingerprint density at radius 1 is 0.946 bits per heavy atom. The summed E-state index contributed by atoms with van der Waals surface area (Å²) in [5.41, 5.74) is 4.74. The van der Waals surface area contributed by atoms with Gasteiger partial charge >= 0.3 is 5.97 Å². The van der Waals surface area contributed by atoms with E-state index in [9.17, 15) is 13.2 Å². The number of methoxy groups -OCH3 is 1. The van der Waals surface area contributed by atoms with Crippen LogP contribution in [0.15, 0.2) is 83.8 Å². The second-order valence-corrected chi connectivity index (χ2v) is 10.9. The number of aromatic nitrogens is 1. The van der Waals surface area contributed by atoms with Gasteiger partial charge in [-0.3, -0.25) is 9.78 Å². The minimum Gasteiger partial charge on any atom is -0.489 e. The van der Waals surface area contributed by atoms with Crippen molar-refractivity contribution in [3.8, 4) is 16.9 Å². The molecule has 1 aromatic heterocycles. The third-order valence-corrected chi connectivity index (χ3v) is 7.54. The Hall–Kier alpha value is -3.75. The van der Waals surface area contributed by atoms with Crippen LogP contribution < -0.4 is 9.46 Å². The predicted octanol–water partition coefficient (Wildman–Crippen LogP) is 5.27. The summed E-state index contributed by atoms with van der Waals surface area (Å²) < 4.78 is 38.8. The number of benzene rings is 3. The highest BCUT2D eigenvalue weighted by Crippen LogP contribution is 2.26. The van der Waals surface area contributed by atoms with Crippen molar-refractivity contribution in [3.05, 3.63) is 90.1 Å². The van der Waals surface area contributed by atoms with Gasteiger partial charge in [0.2, 0.25) is 10.0 Å². The van der Waals surface area contributed by atoms with E-state index in [-0.39, 0.29) is 10.8 Å². The van der Waals surface area contributed by atoms with Crippen molar-refractivity contribution in [1.82, 2.24) is 9.71 Å². The maximum absolute atomic E-state index is 12.8. The molecule has 7 nitrogen and oxygen atoms in total. The van der Waals surface area contributed by atoms with Crippen LogP contribution in [-0.2, 0) is 26.2 Å². The van der Waals surface area contributed by atoms with Crippen molar-refractivity contribution in [2.45, 2.75) is 38.3 Å². The Morgan fingerprint density at radius 3 is 2.19 bits per heavy atom. The van der Waals surface area contributed by atoms with Gasteiger partial charge in [-0.2, -0.15) is 4.72 Å². The highest BCUT2D eigenvalue weighted by Gasteiger charge is 2.29. The summed E-state index contributed by atoms with van der Waals surface area (Å²) in [5.74, 6) is -0.151. The monoisotopic (exact) mass is 518 g/mol. The highest BCUT2D eigenvalue weighted by atomic mass is 32.2. The molecule has 1 heterocycles. The number of para-hydroxylation sites is 1. The molecule has 37 heavy (non-hydrogen) atoms. The second-order valence-electron chi connectivity index (χ2n) is 9.14. The van der Waals surface area contributed by atoms with Crippen molar-refractivity contribution >= 4 is 26.9 Å². The molecule has 4 rings (SSSR count). The van der Waals surface area contributed by atoms with Gasteiger partial charge in [0, 0.05) is 16.6 Å². The van der Waals surface area contributed by atoms with Crippen molar-refractivity contribution in [2.75, 3.05) is 7.11 Å². The first kappa shape index (κ1) is 26.3. The van der Waals surface area contributed by atoms with E-state index < -0.39 is 22.0 Å². The lowest BCUT2D eigenvalue weighted by molar-refractivity contribution is -0.143. The molecule has 4 aromatic rings. The van der Waals surface area contributed by atoms with Crippen molar-refractivity contribution in [1.29, 1.82) is 0 Å². The Balaban J connectivity index is 1.45. The fraction of sp³-hybridized carbons (Fsp3) is 0.241. The van der Waals surface area contributed by atoms with E-state index in [2.05, 4.69) is 9.71 Å². The molecule has 0 radical (unpaired) electrons. The molecule has 0 fully saturated rings. The highest BCUT2D eigenvalue weighted by molar-refractivity contribution is 7.89. The van der Waals surface area contributed by atoms with Crippen molar-refractivity contribution in [2.24, 2.45) is 5.92 Å². The van der Waals surface area contributed by atoms with E-state index in [0.717, 1.165) is 39.0 Å². The van der Waals surface area contributed by atoms with Crippen LogP contribution in [0.25, 0.3) is 22.0 Å². The number of aryl methyl sites for hydroxylation is 1. The summed E-state index contributed by atoms with van der Waals surface area (Å²) in [4.78, 5) is 16.6. The number of nitrogens with one attached hydrogen (secondary N) is 1. The number of ether oxygens (including phenoxy) is 2. The molecule has 8 heteroatoms. The average Bonchev–Trinajstić information content (AvgIpc) is 2.90. The number of carbonyl (C=O) groups is 1. The second kappa shape index (κ2) is 11.1. The van der Waals surface area contributed by atoms with Crippen LogP contribution in [0.3, 0.4) is 0 Å². The normalized spacial score (nSPS) is 12.5. The third kappa shape index (κ3) is 6.15. The Labute approximate surface area is 217 Å². The molecule has 0 amide bonds. The fourth-order valence-corrected chi connectivity index (χ4v) is 5.40. The molecule has 0 aliphatic carbocycles. The van der Waals surface area contributed by atoms with Gasteiger partial charge in [0.25, 0.3) is 0 Å². The Kier molecular flexibility index (Phi) is 7.90. The third-order valence-electron chi connectivity index (χ3n) is 6.08. The van der Waals surface area contributed by atoms with E-state index in [0.29, 0.717) is 6.61 Å². The van der Waals surface area contributed by atoms with Crippen LogP contribution >= 0.6 is 0 Å². The standard InChI is InChI=1S/C29H30N2O5S/c1-19(2)28(29(32)35-4)31-37(33,34)25-15-11-22(12-16-25)21-9-13-24(14-10-21)36-18-23-17-20(3)30-27-8-6-5-7-26(23)27/h5-17,19,28,31H,18H2,1-4H3. The smallest absolute Gasteiger partial charge is 0.324 e. The van der Waals surface area contributed by atoms with Crippen LogP contribution in [0, 0.1) is 12.8 Å². The summed E-state index contributed by atoms with van der Waals surface area (Å²) in [7, 11) is -2.66. The number of esters is 1. The summed E-state index contributed by atoms with van der Waals surface area (Å²) in [6, 6.07) is 23.2. The maximum Gasteiger partial charge on any atom is 0.324 e. The predicted molar refractivity (Wildman–Crippen MR) is 144 cm³/mol. The van der Waals surface area contributed by atoms with Gasteiger partial charge in [0.05, 0.1) is 17.5 Å². The first-order chi connectivity index (χ1) is 17.7. The van der Waals surface area contributed by atoms with E-state index >= 15 is 0 Å². The fourth-order valence-electron chi connectivity index (χ4n) is 4.06. The zero-order valence-electron chi connectivity index (χ0n) is 21.3. The van der Waals surface area contributed by atoms with Crippen LogP contribution in [0.2, 0.25) is 0 Å². The molecule has 0 bridgehead atoms. The number of pyridine rings is 1. The summed E-state index contributed by atoms with van der Waals surface area (Å²) in [5, 5.41) is 1.07. The minimum atomic E-state index is -3.89. The number of rotatable bonds is 9. The first-order valence-electron chi connectivity index (χ1n) is 12.0. The van der Waals surface area contributed by atoms with Gasteiger partial charge in [0.15, 0.2) is 0 Å². The molecular formula is C29H30N2O5S. The number of hydrogen-bond donors (Lipinski definition) is 1. The van der Waals surface area contributed by atoms with Gasteiger partial charge in [-0.05, 0) is 60.4 Å². The van der Waals surface area contributed by atoms with Crippen molar-refractivity contribution in [3.63, 3.8) is 0 Å². The first-order valence-corrected chi connectivity index (χ1v) is 13.4. The quantitative estimate of drug-likeness (QED) is 0.304. The number of nitrogens with zero attached hydrogens (tertiary/aromatic N) is 1. The largest absolute Gasteiger partial charge is 0.489 e. The molecule has 192 valence electrons. The van der Waals surface area contributed by atoms with Crippen LogP contribution in [-0.4, -0.2) is 32.5 Å².